The highest BCUT2D eigenvalue weighted by Crippen LogP contribution is 2.16. The van der Waals surface area contributed by atoms with Crippen molar-refractivity contribution in [1.29, 1.82) is 0 Å². The Morgan fingerprint density at radius 1 is 1.34 bits per heavy atom. The van der Waals surface area contributed by atoms with Crippen molar-refractivity contribution in [3.05, 3.63) is 36.9 Å². The maximum absolute atomic E-state index is 12.7. The summed E-state index contributed by atoms with van der Waals surface area (Å²) in [6.45, 7) is 8.89. The number of carbonyl (C=O) groups is 3. The molecule has 1 aromatic carbocycles. The number of nitrogens with one attached hydrogen (secondary N) is 2. The van der Waals surface area contributed by atoms with Gasteiger partial charge in [-0.2, -0.15) is 0 Å². The third-order valence-corrected chi connectivity index (χ3v) is 4.25. The first-order valence-electron chi connectivity index (χ1n) is 9.71. The van der Waals surface area contributed by atoms with Crippen molar-refractivity contribution in [2.45, 2.75) is 26.3 Å². The van der Waals surface area contributed by atoms with E-state index < -0.39 is 12.0 Å². The standard InChI is InChI=1S/C21H29N3O5/c1-4-11-28-17-7-5-16(6-8-17)23-13-19(25)24-10-9-22-21(27)18(24)12-20(26)29-14-15(2)3/h4-8,15,18,23H,1,9-14H2,2-3H3,(H,22,27). The third-order valence-electron chi connectivity index (χ3n) is 4.25. The van der Waals surface area contributed by atoms with Crippen molar-refractivity contribution in [1.82, 2.24) is 10.2 Å². The van der Waals surface area contributed by atoms with Gasteiger partial charge in [-0.15, -0.1) is 0 Å². The summed E-state index contributed by atoms with van der Waals surface area (Å²) >= 11 is 0. The lowest BCUT2D eigenvalue weighted by Crippen LogP contribution is -2.58. The quantitative estimate of drug-likeness (QED) is 0.455. The minimum Gasteiger partial charge on any atom is -0.490 e. The summed E-state index contributed by atoms with van der Waals surface area (Å²) in [5.74, 6) is -0.172. The number of ether oxygens (including phenoxy) is 2. The topological polar surface area (TPSA) is 97.0 Å². The van der Waals surface area contributed by atoms with Crippen molar-refractivity contribution >= 4 is 23.5 Å². The van der Waals surface area contributed by atoms with Crippen LogP contribution in [-0.2, 0) is 19.1 Å². The number of anilines is 1. The third kappa shape index (κ3) is 7.14. The Labute approximate surface area is 171 Å². The van der Waals surface area contributed by atoms with Crippen LogP contribution in [0.3, 0.4) is 0 Å². The van der Waals surface area contributed by atoms with Gasteiger partial charge in [-0.3, -0.25) is 14.4 Å². The molecular weight excluding hydrogens is 374 g/mol. The van der Waals surface area contributed by atoms with Crippen LogP contribution >= 0.6 is 0 Å². The minimum absolute atomic E-state index is 0.0116. The molecule has 0 saturated carbocycles. The van der Waals surface area contributed by atoms with Gasteiger partial charge in [0.1, 0.15) is 18.4 Å². The van der Waals surface area contributed by atoms with E-state index in [0.29, 0.717) is 25.4 Å². The van der Waals surface area contributed by atoms with Gasteiger partial charge in [0.05, 0.1) is 19.6 Å². The Balaban J connectivity index is 1.91. The Morgan fingerprint density at radius 3 is 2.72 bits per heavy atom. The van der Waals surface area contributed by atoms with Crippen molar-refractivity contribution < 1.29 is 23.9 Å². The van der Waals surface area contributed by atoms with Gasteiger partial charge in [0.25, 0.3) is 0 Å². The number of benzene rings is 1. The number of hydrogen-bond donors (Lipinski definition) is 2. The molecular formula is C21H29N3O5. The van der Waals surface area contributed by atoms with Crippen molar-refractivity contribution in [2.75, 3.05) is 38.2 Å². The Morgan fingerprint density at radius 2 is 2.07 bits per heavy atom. The van der Waals surface area contributed by atoms with E-state index in [2.05, 4.69) is 17.2 Å². The highest BCUT2D eigenvalue weighted by Gasteiger charge is 2.34. The van der Waals surface area contributed by atoms with Crippen LogP contribution in [0, 0.1) is 5.92 Å². The van der Waals surface area contributed by atoms with E-state index in [4.69, 9.17) is 9.47 Å². The van der Waals surface area contributed by atoms with Gasteiger partial charge in [0.2, 0.25) is 11.8 Å². The number of amides is 2. The molecule has 1 fully saturated rings. The molecule has 1 aliphatic rings. The first kappa shape index (κ1) is 22.3. The molecule has 1 atom stereocenters. The van der Waals surface area contributed by atoms with Gasteiger partial charge in [-0.05, 0) is 30.2 Å². The van der Waals surface area contributed by atoms with Gasteiger partial charge in [0, 0.05) is 18.8 Å². The highest BCUT2D eigenvalue weighted by atomic mass is 16.5. The molecule has 1 aliphatic heterocycles. The summed E-state index contributed by atoms with van der Waals surface area (Å²) in [7, 11) is 0. The average molecular weight is 403 g/mol. The first-order valence-corrected chi connectivity index (χ1v) is 9.71. The van der Waals surface area contributed by atoms with Crippen LogP contribution in [-0.4, -0.2) is 61.6 Å². The second-order valence-electron chi connectivity index (χ2n) is 7.15. The van der Waals surface area contributed by atoms with Gasteiger partial charge in [0.15, 0.2) is 0 Å². The predicted molar refractivity (Wildman–Crippen MR) is 110 cm³/mol. The molecule has 1 heterocycles. The van der Waals surface area contributed by atoms with Crippen molar-refractivity contribution in [2.24, 2.45) is 5.92 Å². The SMILES string of the molecule is C=CCOc1ccc(NCC(=O)N2CCNC(=O)C2CC(=O)OCC(C)C)cc1. The normalized spacial score (nSPS) is 16.2. The first-order chi connectivity index (χ1) is 13.9. The van der Waals surface area contributed by atoms with Crippen molar-refractivity contribution in [3.63, 3.8) is 0 Å². The van der Waals surface area contributed by atoms with Crippen LogP contribution in [0.25, 0.3) is 0 Å². The summed E-state index contributed by atoms with van der Waals surface area (Å²) < 4.78 is 10.6. The molecule has 0 spiro atoms. The van der Waals surface area contributed by atoms with Gasteiger partial charge < -0.3 is 25.0 Å². The second kappa shape index (κ2) is 11.1. The Hall–Kier alpha value is -3.03. The molecule has 2 amide bonds. The molecule has 1 aromatic rings. The fourth-order valence-electron chi connectivity index (χ4n) is 2.80. The van der Waals surface area contributed by atoms with E-state index in [0.717, 1.165) is 5.69 Å². The molecule has 0 bridgehead atoms. The lowest BCUT2D eigenvalue weighted by molar-refractivity contribution is -0.152. The number of nitrogens with zero attached hydrogens (tertiary/aromatic N) is 1. The minimum atomic E-state index is -0.854. The van der Waals surface area contributed by atoms with Crippen LogP contribution in [0.2, 0.25) is 0 Å². The molecule has 8 heteroatoms. The van der Waals surface area contributed by atoms with E-state index in [1.165, 1.54) is 4.90 Å². The summed E-state index contributed by atoms with van der Waals surface area (Å²) in [5, 5.41) is 5.74. The fraction of sp³-hybridized carbons (Fsp3) is 0.476. The van der Waals surface area contributed by atoms with Crippen molar-refractivity contribution in [3.8, 4) is 5.75 Å². The molecule has 0 radical (unpaired) electrons. The summed E-state index contributed by atoms with van der Waals surface area (Å²) in [6, 6.07) is 6.33. The van der Waals surface area contributed by atoms with E-state index in [-0.39, 0.29) is 37.3 Å². The largest absolute Gasteiger partial charge is 0.490 e. The monoisotopic (exact) mass is 403 g/mol. The number of piperazine rings is 1. The zero-order valence-corrected chi connectivity index (χ0v) is 17.0. The summed E-state index contributed by atoms with van der Waals surface area (Å²) in [5.41, 5.74) is 0.749. The van der Waals surface area contributed by atoms with Gasteiger partial charge in [-0.1, -0.05) is 26.5 Å². The van der Waals surface area contributed by atoms with Crippen LogP contribution in [0.15, 0.2) is 36.9 Å². The number of esters is 1. The van der Waals surface area contributed by atoms with E-state index in [9.17, 15) is 14.4 Å². The molecule has 0 aliphatic carbocycles. The molecule has 1 saturated heterocycles. The lowest BCUT2D eigenvalue weighted by atomic mass is 10.1. The molecule has 8 nitrogen and oxygen atoms in total. The zero-order chi connectivity index (χ0) is 21.2. The van der Waals surface area contributed by atoms with Crippen LogP contribution in [0.1, 0.15) is 20.3 Å². The smallest absolute Gasteiger partial charge is 0.308 e. The highest BCUT2D eigenvalue weighted by molar-refractivity contribution is 5.93. The summed E-state index contributed by atoms with van der Waals surface area (Å²) in [6.07, 6.45) is 1.51. The number of rotatable bonds is 10. The predicted octanol–water partition coefficient (Wildman–Crippen LogP) is 1.58. The van der Waals surface area contributed by atoms with Gasteiger partial charge in [-0.25, -0.2) is 0 Å². The number of carbonyl (C=O) groups excluding carboxylic acids is 3. The van der Waals surface area contributed by atoms with Gasteiger partial charge >= 0.3 is 5.97 Å². The van der Waals surface area contributed by atoms with Crippen LogP contribution in [0.5, 0.6) is 5.75 Å². The maximum Gasteiger partial charge on any atom is 0.308 e. The second-order valence-corrected chi connectivity index (χ2v) is 7.15. The van der Waals surface area contributed by atoms with E-state index in [1.54, 1.807) is 30.3 Å². The maximum atomic E-state index is 12.7. The lowest BCUT2D eigenvalue weighted by Gasteiger charge is -2.34. The molecule has 158 valence electrons. The van der Waals surface area contributed by atoms with E-state index in [1.807, 2.05) is 13.8 Å². The average Bonchev–Trinajstić information content (AvgIpc) is 2.71. The Kier molecular flexibility index (Phi) is 8.51. The molecule has 0 aromatic heterocycles. The molecule has 29 heavy (non-hydrogen) atoms. The molecule has 1 unspecified atom stereocenters. The van der Waals surface area contributed by atoms with Crippen LogP contribution in [0.4, 0.5) is 5.69 Å². The fourth-order valence-corrected chi connectivity index (χ4v) is 2.80. The Bertz CT molecular complexity index is 718. The van der Waals surface area contributed by atoms with E-state index >= 15 is 0 Å². The molecule has 2 rings (SSSR count). The zero-order valence-electron chi connectivity index (χ0n) is 17.0. The van der Waals surface area contributed by atoms with Crippen LogP contribution < -0.4 is 15.4 Å². The number of hydrogen-bond acceptors (Lipinski definition) is 6. The summed E-state index contributed by atoms with van der Waals surface area (Å²) in [4.78, 5) is 38.4. The molecule has 2 N–H and O–H groups in total.